The summed E-state index contributed by atoms with van der Waals surface area (Å²) in [4.78, 5) is 20.1. The molecule has 16 heavy (non-hydrogen) atoms. The summed E-state index contributed by atoms with van der Waals surface area (Å²) in [5.74, 6) is -0.0343. The van der Waals surface area contributed by atoms with Gasteiger partial charge < -0.3 is 5.11 Å². The molecule has 0 saturated carbocycles. The second-order valence-electron chi connectivity index (χ2n) is 3.97. The second-order valence-corrected chi connectivity index (χ2v) is 3.97. The van der Waals surface area contributed by atoms with Crippen LogP contribution in [-0.4, -0.2) is 19.6 Å². The molecular formula is C11H13N3O2. The lowest BCUT2D eigenvalue weighted by molar-refractivity contribution is 0.386. The minimum absolute atomic E-state index is 0.0343. The van der Waals surface area contributed by atoms with E-state index in [4.69, 9.17) is 0 Å². The Hall–Kier alpha value is -1.91. The number of nitrogens with zero attached hydrogens (tertiary/aromatic N) is 3. The van der Waals surface area contributed by atoms with Crippen molar-refractivity contribution >= 4 is 11.0 Å². The Labute approximate surface area is 92.4 Å². The zero-order valence-corrected chi connectivity index (χ0v) is 9.43. The van der Waals surface area contributed by atoms with Gasteiger partial charge in [-0.15, -0.1) is 0 Å². The van der Waals surface area contributed by atoms with Crippen LogP contribution in [0.3, 0.4) is 0 Å². The zero-order valence-electron chi connectivity index (χ0n) is 9.43. The van der Waals surface area contributed by atoms with Crippen molar-refractivity contribution in [1.29, 1.82) is 0 Å². The largest absolute Gasteiger partial charge is 0.494 e. The van der Waals surface area contributed by atoms with Crippen LogP contribution in [0.25, 0.3) is 11.0 Å². The van der Waals surface area contributed by atoms with Crippen LogP contribution in [0, 0.1) is 6.92 Å². The fourth-order valence-corrected chi connectivity index (χ4v) is 1.74. The zero-order chi connectivity index (χ0) is 11.9. The van der Waals surface area contributed by atoms with Crippen LogP contribution in [-0.2, 0) is 0 Å². The summed E-state index contributed by atoms with van der Waals surface area (Å²) in [6.07, 6.45) is 2.98. The maximum atomic E-state index is 12.0. The third-order valence-electron chi connectivity index (χ3n) is 2.55. The lowest BCUT2D eigenvalue weighted by atomic mass is 10.2. The predicted octanol–water partition coefficient (Wildman–Crippen LogP) is 1.39. The van der Waals surface area contributed by atoms with Gasteiger partial charge in [-0.25, -0.2) is 4.98 Å². The Balaban J connectivity index is 3.01. The lowest BCUT2D eigenvalue weighted by Crippen LogP contribution is -2.23. The minimum atomic E-state index is -0.304. The summed E-state index contributed by atoms with van der Waals surface area (Å²) in [5, 5.41) is 9.94. The van der Waals surface area contributed by atoms with Gasteiger partial charge in [0.25, 0.3) is 5.56 Å². The standard InChI is InChI=1S/C11H13N3O2/c1-6(2)14-10(15)7(3)8-9(11(14)16)13-5-4-12-8/h4-6,15H,1-3H3. The Morgan fingerprint density at radius 1 is 1.25 bits per heavy atom. The van der Waals surface area contributed by atoms with Crippen molar-refractivity contribution < 1.29 is 5.11 Å². The van der Waals surface area contributed by atoms with Gasteiger partial charge in [-0.2, -0.15) is 0 Å². The monoisotopic (exact) mass is 219 g/mol. The highest BCUT2D eigenvalue weighted by molar-refractivity contribution is 5.78. The fraction of sp³-hybridized carbons (Fsp3) is 0.364. The van der Waals surface area contributed by atoms with Crippen LogP contribution in [0.1, 0.15) is 25.5 Å². The number of hydrogen-bond donors (Lipinski definition) is 1. The molecule has 0 unspecified atom stereocenters. The van der Waals surface area contributed by atoms with Crippen LogP contribution in [0.15, 0.2) is 17.2 Å². The number of pyridine rings is 1. The first-order valence-electron chi connectivity index (χ1n) is 5.08. The Bertz CT molecular complexity index is 602. The molecule has 5 nitrogen and oxygen atoms in total. The van der Waals surface area contributed by atoms with Crippen molar-refractivity contribution in [2.45, 2.75) is 26.8 Å². The highest BCUT2D eigenvalue weighted by Crippen LogP contribution is 2.23. The highest BCUT2D eigenvalue weighted by Gasteiger charge is 2.16. The topological polar surface area (TPSA) is 68.0 Å². The van der Waals surface area contributed by atoms with Crippen molar-refractivity contribution in [2.24, 2.45) is 0 Å². The van der Waals surface area contributed by atoms with Crippen molar-refractivity contribution in [1.82, 2.24) is 14.5 Å². The molecule has 0 fully saturated rings. The molecule has 2 heterocycles. The summed E-state index contributed by atoms with van der Waals surface area (Å²) >= 11 is 0. The van der Waals surface area contributed by atoms with E-state index in [1.54, 1.807) is 6.92 Å². The molecule has 2 aromatic heterocycles. The molecule has 0 atom stereocenters. The van der Waals surface area contributed by atoms with Gasteiger partial charge in [0.05, 0.1) is 0 Å². The predicted molar refractivity (Wildman–Crippen MR) is 60.6 cm³/mol. The smallest absolute Gasteiger partial charge is 0.281 e. The molecule has 0 aliphatic carbocycles. The van der Waals surface area contributed by atoms with Gasteiger partial charge in [-0.3, -0.25) is 14.3 Å². The van der Waals surface area contributed by atoms with Crippen LogP contribution in [0.4, 0.5) is 0 Å². The van der Waals surface area contributed by atoms with E-state index in [0.717, 1.165) is 0 Å². The van der Waals surface area contributed by atoms with E-state index >= 15 is 0 Å². The Kier molecular flexibility index (Phi) is 2.38. The summed E-state index contributed by atoms with van der Waals surface area (Å²) < 4.78 is 1.33. The third kappa shape index (κ3) is 1.36. The Morgan fingerprint density at radius 2 is 1.81 bits per heavy atom. The molecule has 0 saturated heterocycles. The molecule has 0 amide bonds. The summed E-state index contributed by atoms with van der Waals surface area (Å²) in [6, 6.07) is -0.113. The normalized spacial score (nSPS) is 11.2. The van der Waals surface area contributed by atoms with E-state index < -0.39 is 0 Å². The molecule has 0 aliphatic heterocycles. The van der Waals surface area contributed by atoms with E-state index in [0.29, 0.717) is 16.6 Å². The van der Waals surface area contributed by atoms with Gasteiger partial charge in [0.15, 0.2) is 11.4 Å². The first-order chi connectivity index (χ1) is 7.54. The molecule has 0 bridgehead atoms. The average Bonchev–Trinajstić information content (AvgIpc) is 2.26. The molecule has 2 rings (SSSR count). The highest BCUT2D eigenvalue weighted by atomic mass is 16.3. The number of aromatic nitrogens is 3. The van der Waals surface area contributed by atoms with Gasteiger partial charge in [-0.1, -0.05) is 0 Å². The van der Waals surface area contributed by atoms with Crippen LogP contribution < -0.4 is 5.56 Å². The maximum absolute atomic E-state index is 12.0. The number of rotatable bonds is 1. The van der Waals surface area contributed by atoms with E-state index in [1.165, 1.54) is 17.0 Å². The number of hydrogen-bond acceptors (Lipinski definition) is 4. The molecule has 0 aromatic carbocycles. The number of aromatic hydroxyl groups is 1. The molecule has 1 N–H and O–H groups in total. The quantitative estimate of drug-likeness (QED) is 0.786. The molecule has 84 valence electrons. The summed E-state index contributed by atoms with van der Waals surface area (Å²) in [6.45, 7) is 5.40. The molecule has 0 aliphatic rings. The van der Waals surface area contributed by atoms with Crippen LogP contribution in [0.5, 0.6) is 5.88 Å². The van der Waals surface area contributed by atoms with E-state index in [2.05, 4.69) is 9.97 Å². The number of aryl methyl sites for hydroxylation is 1. The minimum Gasteiger partial charge on any atom is -0.494 e. The SMILES string of the molecule is Cc1c(O)n(C(C)C)c(=O)c2nccnc12. The van der Waals surface area contributed by atoms with Crippen LogP contribution >= 0.6 is 0 Å². The third-order valence-corrected chi connectivity index (χ3v) is 2.55. The van der Waals surface area contributed by atoms with Crippen molar-refractivity contribution in [3.8, 4) is 5.88 Å². The first kappa shape index (κ1) is 10.6. The van der Waals surface area contributed by atoms with Crippen molar-refractivity contribution in [3.63, 3.8) is 0 Å². The van der Waals surface area contributed by atoms with Crippen molar-refractivity contribution in [2.75, 3.05) is 0 Å². The lowest BCUT2D eigenvalue weighted by Gasteiger charge is -2.14. The van der Waals surface area contributed by atoms with Gasteiger partial charge >= 0.3 is 0 Å². The number of fused-ring (bicyclic) bond motifs is 1. The van der Waals surface area contributed by atoms with Gasteiger partial charge in [0.2, 0.25) is 0 Å². The van der Waals surface area contributed by atoms with E-state index in [9.17, 15) is 9.90 Å². The molecule has 2 aromatic rings. The van der Waals surface area contributed by atoms with Gasteiger partial charge in [0.1, 0.15) is 5.52 Å². The van der Waals surface area contributed by atoms with E-state index in [1.807, 2.05) is 13.8 Å². The van der Waals surface area contributed by atoms with Gasteiger partial charge in [0, 0.05) is 24.0 Å². The molecule has 5 heteroatoms. The Morgan fingerprint density at radius 3 is 2.38 bits per heavy atom. The van der Waals surface area contributed by atoms with Crippen molar-refractivity contribution in [3.05, 3.63) is 28.3 Å². The van der Waals surface area contributed by atoms with E-state index in [-0.39, 0.29) is 17.5 Å². The maximum Gasteiger partial charge on any atom is 0.281 e. The summed E-state index contributed by atoms with van der Waals surface area (Å²) in [5.41, 5.74) is 1.03. The summed E-state index contributed by atoms with van der Waals surface area (Å²) in [7, 11) is 0. The first-order valence-corrected chi connectivity index (χ1v) is 5.08. The fourth-order valence-electron chi connectivity index (χ4n) is 1.74. The molecular weight excluding hydrogens is 206 g/mol. The van der Waals surface area contributed by atoms with Crippen LogP contribution in [0.2, 0.25) is 0 Å². The molecule has 0 radical (unpaired) electrons. The van der Waals surface area contributed by atoms with Gasteiger partial charge in [-0.05, 0) is 20.8 Å². The molecule has 0 spiro atoms. The second kappa shape index (κ2) is 3.59. The average molecular weight is 219 g/mol.